The van der Waals surface area contributed by atoms with Gasteiger partial charge in [0, 0.05) is 11.2 Å². The first-order valence-corrected chi connectivity index (χ1v) is 7.21. The maximum absolute atomic E-state index is 10.6. The third-order valence-corrected chi connectivity index (χ3v) is 3.54. The number of hydrogen-bond donors (Lipinski definition) is 1. The summed E-state index contributed by atoms with van der Waals surface area (Å²) in [5.41, 5.74) is 2.48. The Hall–Kier alpha value is -2.53. The maximum atomic E-state index is 10.6. The van der Waals surface area contributed by atoms with Crippen LogP contribution in [0.15, 0.2) is 41.4 Å². The first-order valence-electron chi connectivity index (χ1n) is 6.83. The van der Waals surface area contributed by atoms with E-state index in [1.807, 2.05) is 25.1 Å². The van der Waals surface area contributed by atoms with Gasteiger partial charge in [-0.25, -0.2) is 4.79 Å². The number of rotatable bonds is 6. The maximum Gasteiger partial charge on any atom is 0.341 e. The Kier molecular flexibility index (Phi) is 5.60. The van der Waals surface area contributed by atoms with Crippen molar-refractivity contribution in [3.05, 3.63) is 52.5 Å². The summed E-state index contributed by atoms with van der Waals surface area (Å²) in [6.45, 7) is 1.48. The number of carboxylic acid groups (broad SMARTS) is 1. The SMILES string of the molecule is COc1cc(C=Nc2cccc(Cl)c2C)ccc1OCC(=O)O. The topological polar surface area (TPSA) is 68.1 Å². The van der Waals surface area contributed by atoms with Gasteiger partial charge in [0.1, 0.15) is 0 Å². The van der Waals surface area contributed by atoms with Crippen LogP contribution in [0.1, 0.15) is 11.1 Å². The summed E-state index contributed by atoms with van der Waals surface area (Å²) in [6.07, 6.45) is 1.68. The minimum atomic E-state index is -1.05. The van der Waals surface area contributed by atoms with Crippen LogP contribution in [0.3, 0.4) is 0 Å². The fraction of sp³-hybridized carbons (Fsp3) is 0.176. The molecule has 2 aromatic carbocycles. The normalized spacial score (nSPS) is 10.7. The second-order valence-electron chi connectivity index (χ2n) is 4.73. The fourth-order valence-electron chi connectivity index (χ4n) is 1.90. The van der Waals surface area contributed by atoms with Gasteiger partial charge in [-0.15, -0.1) is 0 Å². The van der Waals surface area contributed by atoms with Crippen LogP contribution in [0.25, 0.3) is 0 Å². The van der Waals surface area contributed by atoms with Gasteiger partial charge >= 0.3 is 5.97 Å². The van der Waals surface area contributed by atoms with Gasteiger partial charge in [-0.1, -0.05) is 17.7 Å². The number of aliphatic carboxylic acids is 1. The molecule has 0 saturated carbocycles. The number of benzene rings is 2. The summed E-state index contributed by atoms with van der Waals surface area (Å²) < 4.78 is 10.4. The first-order chi connectivity index (χ1) is 11.0. The lowest BCUT2D eigenvalue weighted by Crippen LogP contribution is -2.10. The van der Waals surface area contributed by atoms with Crippen LogP contribution in [-0.4, -0.2) is 31.0 Å². The summed E-state index contributed by atoms with van der Waals surface area (Å²) in [6, 6.07) is 10.7. The molecule has 0 unspecified atom stereocenters. The third kappa shape index (κ3) is 4.47. The molecule has 0 amide bonds. The molecule has 0 aliphatic heterocycles. The quantitative estimate of drug-likeness (QED) is 0.815. The number of hydrogen-bond acceptors (Lipinski definition) is 4. The van der Waals surface area contributed by atoms with E-state index in [9.17, 15) is 4.79 Å². The van der Waals surface area contributed by atoms with Crippen molar-refractivity contribution in [3.8, 4) is 11.5 Å². The molecule has 0 fully saturated rings. The van der Waals surface area contributed by atoms with Crippen molar-refractivity contribution in [1.29, 1.82) is 0 Å². The number of carbonyl (C=O) groups is 1. The summed E-state index contributed by atoms with van der Waals surface area (Å²) in [7, 11) is 1.49. The Morgan fingerprint density at radius 2 is 2.09 bits per heavy atom. The molecular weight excluding hydrogens is 318 g/mol. The number of carboxylic acids is 1. The zero-order valence-corrected chi connectivity index (χ0v) is 13.5. The van der Waals surface area contributed by atoms with E-state index < -0.39 is 12.6 Å². The van der Waals surface area contributed by atoms with Crippen molar-refractivity contribution in [3.63, 3.8) is 0 Å². The van der Waals surface area contributed by atoms with Crippen molar-refractivity contribution in [2.45, 2.75) is 6.92 Å². The average molecular weight is 334 g/mol. The predicted molar refractivity (Wildman–Crippen MR) is 89.6 cm³/mol. The molecule has 0 heterocycles. The molecular formula is C17H16ClNO4. The molecule has 0 radical (unpaired) electrons. The van der Waals surface area contributed by atoms with E-state index in [1.54, 1.807) is 24.4 Å². The minimum absolute atomic E-state index is 0.367. The Bertz CT molecular complexity index is 743. The fourth-order valence-corrected chi connectivity index (χ4v) is 2.07. The highest BCUT2D eigenvalue weighted by molar-refractivity contribution is 6.31. The number of aliphatic imine (C=N–C) groups is 1. The Balaban J connectivity index is 2.22. The lowest BCUT2D eigenvalue weighted by molar-refractivity contribution is -0.139. The highest BCUT2D eigenvalue weighted by Crippen LogP contribution is 2.28. The highest BCUT2D eigenvalue weighted by atomic mass is 35.5. The van der Waals surface area contributed by atoms with E-state index in [0.29, 0.717) is 16.5 Å². The molecule has 0 saturated heterocycles. The largest absolute Gasteiger partial charge is 0.493 e. The summed E-state index contributed by atoms with van der Waals surface area (Å²) >= 11 is 6.07. The molecule has 0 spiro atoms. The predicted octanol–water partition coefficient (Wildman–Crippen LogP) is 3.87. The van der Waals surface area contributed by atoms with Gasteiger partial charge in [-0.3, -0.25) is 4.99 Å². The first kappa shape index (κ1) is 16.8. The molecule has 0 aliphatic rings. The monoisotopic (exact) mass is 333 g/mol. The average Bonchev–Trinajstić information content (AvgIpc) is 2.54. The van der Waals surface area contributed by atoms with E-state index in [0.717, 1.165) is 16.8 Å². The van der Waals surface area contributed by atoms with Gasteiger partial charge in [0.15, 0.2) is 18.1 Å². The molecule has 0 atom stereocenters. The number of ether oxygens (including phenoxy) is 2. The zero-order valence-electron chi connectivity index (χ0n) is 12.7. The van der Waals surface area contributed by atoms with Crippen molar-refractivity contribution in [2.24, 2.45) is 4.99 Å². The van der Waals surface area contributed by atoms with Crippen LogP contribution in [0.2, 0.25) is 5.02 Å². The summed E-state index contributed by atoms with van der Waals surface area (Å²) in [5.74, 6) is -0.238. The van der Waals surface area contributed by atoms with Gasteiger partial charge in [0.25, 0.3) is 0 Å². The van der Waals surface area contributed by atoms with Crippen LogP contribution in [0, 0.1) is 6.92 Å². The molecule has 5 nitrogen and oxygen atoms in total. The van der Waals surface area contributed by atoms with E-state index in [4.69, 9.17) is 26.2 Å². The van der Waals surface area contributed by atoms with Crippen LogP contribution >= 0.6 is 11.6 Å². The van der Waals surface area contributed by atoms with E-state index >= 15 is 0 Å². The third-order valence-electron chi connectivity index (χ3n) is 3.13. The van der Waals surface area contributed by atoms with Crippen molar-refractivity contribution in [1.82, 2.24) is 0 Å². The number of methoxy groups -OCH3 is 1. The molecule has 2 aromatic rings. The smallest absolute Gasteiger partial charge is 0.341 e. The van der Waals surface area contributed by atoms with E-state index in [-0.39, 0.29) is 0 Å². The van der Waals surface area contributed by atoms with Crippen molar-refractivity contribution in [2.75, 3.05) is 13.7 Å². The molecule has 120 valence electrons. The standard InChI is InChI=1S/C17H16ClNO4/c1-11-13(18)4-3-5-14(11)19-9-12-6-7-15(16(8-12)22-2)23-10-17(20)21/h3-9H,10H2,1-2H3,(H,20,21). The van der Waals surface area contributed by atoms with Gasteiger partial charge in [-0.2, -0.15) is 0 Å². The lowest BCUT2D eigenvalue weighted by atomic mass is 10.2. The molecule has 0 aliphatic carbocycles. The number of halogens is 1. The second-order valence-corrected chi connectivity index (χ2v) is 5.14. The van der Waals surface area contributed by atoms with Gasteiger partial charge in [-0.05, 0) is 48.4 Å². The Labute approximate surface area is 139 Å². The zero-order chi connectivity index (χ0) is 16.8. The number of nitrogens with zero attached hydrogens (tertiary/aromatic N) is 1. The lowest BCUT2D eigenvalue weighted by Gasteiger charge is -2.09. The molecule has 0 aromatic heterocycles. The molecule has 1 N–H and O–H groups in total. The van der Waals surface area contributed by atoms with Crippen molar-refractivity contribution >= 4 is 29.5 Å². The summed E-state index contributed by atoms with van der Waals surface area (Å²) in [4.78, 5) is 15.0. The van der Waals surface area contributed by atoms with Crippen LogP contribution < -0.4 is 9.47 Å². The molecule has 2 rings (SSSR count). The Morgan fingerprint density at radius 1 is 1.30 bits per heavy atom. The van der Waals surface area contributed by atoms with E-state index in [1.165, 1.54) is 7.11 Å². The second kappa shape index (κ2) is 7.65. The molecule has 23 heavy (non-hydrogen) atoms. The summed E-state index contributed by atoms with van der Waals surface area (Å²) in [5, 5.41) is 9.32. The minimum Gasteiger partial charge on any atom is -0.493 e. The molecule has 0 bridgehead atoms. The van der Waals surface area contributed by atoms with Gasteiger partial charge in [0.05, 0.1) is 12.8 Å². The van der Waals surface area contributed by atoms with Gasteiger partial charge in [0.2, 0.25) is 0 Å². The van der Waals surface area contributed by atoms with Gasteiger partial charge < -0.3 is 14.6 Å². The van der Waals surface area contributed by atoms with Crippen LogP contribution in [0.5, 0.6) is 11.5 Å². The van der Waals surface area contributed by atoms with Crippen molar-refractivity contribution < 1.29 is 19.4 Å². The molecule has 6 heteroatoms. The van der Waals surface area contributed by atoms with E-state index in [2.05, 4.69) is 4.99 Å². The van der Waals surface area contributed by atoms with Crippen LogP contribution in [-0.2, 0) is 4.79 Å². The highest BCUT2D eigenvalue weighted by Gasteiger charge is 2.07. The Morgan fingerprint density at radius 3 is 2.78 bits per heavy atom. The van der Waals surface area contributed by atoms with Crippen LogP contribution in [0.4, 0.5) is 5.69 Å².